The SMILES string of the molecule is Nc1nc(C(c2ccccc2)c2ccccc2)ncc1Br. The Bertz CT molecular complexity index is 690. The first kappa shape index (κ1) is 13.8. The van der Waals surface area contributed by atoms with Gasteiger partial charge in [0.05, 0.1) is 10.4 Å². The summed E-state index contributed by atoms with van der Waals surface area (Å²) in [7, 11) is 0. The van der Waals surface area contributed by atoms with Crippen molar-refractivity contribution in [1.29, 1.82) is 0 Å². The van der Waals surface area contributed by atoms with E-state index in [1.807, 2.05) is 36.4 Å². The smallest absolute Gasteiger partial charge is 0.142 e. The first-order valence-corrected chi connectivity index (χ1v) is 7.43. The zero-order valence-corrected chi connectivity index (χ0v) is 12.9. The molecule has 1 aromatic heterocycles. The number of nitrogens with zero attached hydrogens (tertiary/aromatic N) is 2. The van der Waals surface area contributed by atoms with Crippen LogP contribution < -0.4 is 5.73 Å². The van der Waals surface area contributed by atoms with E-state index in [1.54, 1.807) is 6.20 Å². The molecule has 0 atom stereocenters. The number of hydrogen-bond acceptors (Lipinski definition) is 3. The quantitative estimate of drug-likeness (QED) is 0.784. The fourth-order valence-corrected chi connectivity index (χ4v) is 2.51. The van der Waals surface area contributed by atoms with Crippen molar-refractivity contribution in [1.82, 2.24) is 9.97 Å². The highest BCUT2D eigenvalue weighted by molar-refractivity contribution is 9.10. The van der Waals surface area contributed by atoms with E-state index >= 15 is 0 Å². The number of halogens is 1. The third kappa shape index (κ3) is 2.95. The third-order valence-corrected chi connectivity index (χ3v) is 3.92. The molecule has 4 heteroatoms. The summed E-state index contributed by atoms with van der Waals surface area (Å²) in [6.45, 7) is 0. The van der Waals surface area contributed by atoms with Gasteiger partial charge < -0.3 is 5.73 Å². The number of rotatable bonds is 3. The van der Waals surface area contributed by atoms with Crippen LogP contribution in [0.1, 0.15) is 22.9 Å². The van der Waals surface area contributed by atoms with Crippen LogP contribution in [0.15, 0.2) is 71.3 Å². The van der Waals surface area contributed by atoms with Crippen LogP contribution >= 0.6 is 15.9 Å². The Balaban J connectivity index is 2.14. The molecule has 3 aromatic rings. The molecular weight excluding hydrogens is 326 g/mol. The number of aromatic nitrogens is 2. The number of anilines is 1. The van der Waals surface area contributed by atoms with E-state index < -0.39 is 0 Å². The van der Waals surface area contributed by atoms with Crippen molar-refractivity contribution in [2.45, 2.75) is 5.92 Å². The average molecular weight is 340 g/mol. The van der Waals surface area contributed by atoms with Gasteiger partial charge in [-0.3, -0.25) is 0 Å². The molecule has 0 unspecified atom stereocenters. The highest BCUT2D eigenvalue weighted by Gasteiger charge is 2.19. The highest BCUT2D eigenvalue weighted by atomic mass is 79.9. The molecular formula is C17H14BrN3. The molecule has 0 amide bonds. The normalized spacial score (nSPS) is 10.8. The minimum absolute atomic E-state index is 0.0252. The topological polar surface area (TPSA) is 51.8 Å². The second-order valence-electron chi connectivity index (χ2n) is 4.72. The van der Waals surface area contributed by atoms with E-state index in [2.05, 4.69) is 50.2 Å². The molecule has 0 radical (unpaired) electrons. The van der Waals surface area contributed by atoms with E-state index in [0.29, 0.717) is 16.1 Å². The molecule has 0 saturated heterocycles. The summed E-state index contributed by atoms with van der Waals surface area (Å²) in [5.74, 6) is 1.13. The zero-order valence-electron chi connectivity index (χ0n) is 11.3. The van der Waals surface area contributed by atoms with Crippen LogP contribution in [-0.2, 0) is 0 Å². The summed E-state index contributed by atoms with van der Waals surface area (Å²) < 4.78 is 0.714. The first-order valence-electron chi connectivity index (χ1n) is 6.63. The summed E-state index contributed by atoms with van der Waals surface area (Å²) in [5, 5.41) is 0. The van der Waals surface area contributed by atoms with Crippen LogP contribution in [0.2, 0.25) is 0 Å². The second kappa shape index (κ2) is 6.06. The molecule has 0 aliphatic heterocycles. The second-order valence-corrected chi connectivity index (χ2v) is 5.57. The van der Waals surface area contributed by atoms with Crippen molar-refractivity contribution >= 4 is 21.7 Å². The summed E-state index contributed by atoms with van der Waals surface area (Å²) >= 11 is 3.34. The molecule has 21 heavy (non-hydrogen) atoms. The largest absolute Gasteiger partial charge is 0.383 e. The lowest BCUT2D eigenvalue weighted by Gasteiger charge is -2.17. The van der Waals surface area contributed by atoms with Gasteiger partial charge in [0.15, 0.2) is 0 Å². The molecule has 1 heterocycles. The summed E-state index contributed by atoms with van der Waals surface area (Å²) in [5.41, 5.74) is 8.20. The first-order chi connectivity index (χ1) is 10.3. The van der Waals surface area contributed by atoms with E-state index in [1.165, 1.54) is 0 Å². The van der Waals surface area contributed by atoms with Gasteiger partial charge in [-0.25, -0.2) is 9.97 Å². The number of benzene rings is 2. The molecule has 0 fully saturated rings. The number of hydrogen-bond donors (Lipinski definition) is 1. The van der Waals surface area contributed by atoms with Crippen molar-refractivity contribution in [2.24, 2.45) is 0 Å². The summed E-state index contributed by atoms with van der Waals surface area (Å²) in [6.07, 6.45) is 1.70. The maximum Gasteiger partial charge on any atom is 0.142 e. The van der Waals surface area contributed by atoms with Gasteiger partial charge in [0.25, 0.3) is 0 Å². The molecule has 0 saturated carbocycles. The molecule has 2 aromatic carbocycles. The van der Waals surface area contributed by atoms with E-state index in [-0.39, 0.29) is 5.92 Å². The van der Waals surface area contributed by atoms with Gasteiger partial charge in [0.1, 0.15) is 11.6 Å². The standard InChI is InChI=1S/C17H14BrN3/c18-14-11-20-17(21-16(14)19)15(12-7-3-1-4-8-12)13-9-5-2-6-10-13/h1-11,15H,(H2,19,20,21). The fourth-order valence-electron chi connectivity index (χ4n) is 2.32. The molecule has 0 spiro atoms. The predicted octanol–water partition coefficient (Wildman–Crippen LogP) is 4.00. The highest BCUT2D eigenvalue weighted by Crippen LogP contribution is 2.30. The van der Waals surface area contributed by atoms with Gasteiger partial charge in [0, 0.05) is 6.20 Å². The predicted molar refractivity (Wildman–Crippen MR) is 88.0 cm³/mol. The molecule has 104 valence electrons. The molecule has 0 aliphatic rings. The Kier molecular flexibility index (Phi) is 3.97. The lowest BCUT2D eigenvalue weighted by molar-refractivity contribution is 0.855. The van der Waals surface area contributed by atoms with Gasteiger partial charge in [-0.05, 0) is 27.1 Å². The van der Waals surface area contributed by atoms with Crippen molar-refractivity contribution in [2.75, 3.05) is 5.73 Å². The van der Waals surface area contributed by atoms with Crippen LogP contribution in [0.4, 0.5) is 5.82 Å². The summed E-state index contributed by atoms with van der Waals surface area (Å²) in [6, 6.07) is 20.4. The van der Waals surface area contributed by atoms with Gasteiger partial charge in [-0.15, -0.1) is 0 Å². The fraction of sp³-hybridized carbons (Fsp3) is 0.0588. The number of nitrogen functional groups attached to an aromatic ring is 1. The van der Waals surface area contributed by atoms with Crippen LogP contribution in [0.25, 0.3) is 0 Å². The lowest BCUT2D eigenvalue weighted by Crippen LogP contribution is -2.09. The van der Waals surface area contributed by atoms with Crippen molar-refractivity contribution in [3.63, 3.8) is 0 Å². The zero-order chi connectivity index (χ0) is 14.7. The molecule has 2 N–H and O–H groups in total. The van der Waals surface area contributed by atoms with Crippen molar-refractivity contribution in [3.05, 3.63) is 88.3 Å². The van der Waals surface area contributed by atoms with Crippen molar-refractivity contribution in [3.8, 4) is 0 Å². The Labute approximate surface area is 132 Å². The van der Waals surface area contributed by atoms with Crippen LogP contribution in [0.3, 0.4) is 0 Å². The maximum absolute atomic E-state index is 5.92. The molecule has 3 nitrogen and oxygen atoms in total. The molecule has 0 aliphatic carbocycles. The van der Waals surface area contributed by atoms with E-state index in [9.17, 15) is 0 Å². The Hall–Kier alpha value is -2.20. The monoisotopic (exact) mass is 339 g/mol. The van der Waals surface area contributed by atoms with Crippen LogP contribution in [0.5, 0.6) is 0 Å². The minimum atomic E-state index is -0.0252. The van der Waals surface area contributed by atoms with E-state index in [0.717, 1.165) is 11.1 Å². The molecule has 3 rings (SSSR count). The van der Waals surface area contributed by atoms with Crippen LogP contribution in [0, 0.1) is 0 Å². The lowest BCUT2D eigenvalue weighted by atomic mass is 9.90. The Morgan fingerprint density at radius 3 is 1.86 bits per heavy atom. The average Bonchev–Trinajstić information content (AvgIpc) is 2.53. The van der Waals surface area contributed by atoms with Crippen molar-refractivity contribution < 1.29 is 0 Å². The minimum Gasteiger partial charge on any atom is -0.383 e. The van der Waals surface area contributed by atoms with Gasteiger partial charge in [0.2, 0.25) is 0 Å². The van der Waals surface area contributed by atoms with Crippen LogP contribution in [-0.4, -0.2) is 9.97 Å². The van der Waals surface area contributed by atoms with E-state index in [4.69, 9.17) is 5.73 Å². The Morgan fingerprint density at radius 1 is 0.857 bits per heavy atom. The third-order valence-electron chi connectivity index (χ3n) is 3.31. The Morgan fingerprint density at radius 2 is 1.38 bits per heavy atom. The summed E-state index contributed by atoms with van der Waals surface area (Å²) in [4.78, 5) is 8.90. The maximum atomic E-state index is 5.92. The van der Waals surface area contributed by atoms with Gasteiger partial charge >= 0.3 is 0 Å². The van der Waals surface area contributed by atoms with Gasteiger partial charge in [-0.2, -0.15) is 0 Å². The van der Waals surface area contributed by atoms with Gasteiger partial charge in [-0.1, -0.05) is 60.7 Å². The number of nitrogens with two attached hydrogens (primary N) is 1. The molecule has 0 bridgehead atoms.